The largest absolute Gasteiger partial charge is 0.310 e. The van der Waals surface area contributed by atoms with E-state index in [0.29, 0.717) is 17.5 Å². The Bertz CT molecular complexity index is 504. The van der Waals surface area contributed by atoms with Gasteiger partial charge in [0.15, 0.2) is 0 Å². The number of hydrogen-bond donors (Lipinski definition) is 2. The zero-order valence-electron chi connectivity index (χ0n) is 12.3. The number of thiophene rings is 1. The van der Waals surface area contributed by atoms with E-state index in [9.17, 15) is 8.42 Å². The summed E-state index contributed by atoms with van der Waals surface area (Å²) in [7, 11) is -3.42. The molecule has 0 amide bonds. The molecule has 0 atom stereocenters. The van der Waals surface area contributed by atoms with Gasteiger partial charge in [-0.1, -0.05) is 20.8 Å². The van der Waals surface area contributed by atoms with E-state index in [1.165, 1.54) is 11.3 Å². The van der Waals surface area contributed by atoms with Crippen LogP contribution in [0.5, 0.6) is 0 Å². The van der Waals surface area contributed by atoms with Crippen LogP contribution >= 0.6 is 11.3 Å². The van der Waals surface area contributed by atoms with Crippen LogP contribution in [0.25, 0.3) is 0 Å². The van der Waals surface area contributed by atoms with Crippen LogP contribution in [0, 0.1) is 0 Å². The summed E-state index contributed by atoms with van der Waals surface area (Å²) in [4.78, 5) is 1.39. The van der Waals surface area contributed by atoms with Gasteiger partial charge in [0.2, 0.25) is 10.0 Å². The van der Waals surface area contributed by atoms with Gasteiger partial charge in [0.25, 0.3) is 0 Å². The minimum Gasteiger partial charge on any atom is -0.310 e. The fraction of sp³-hybridized carbons (Fsp3) is 0.692. The van der Waals surface area contributed by atoms with Gasteiger partial charge in [-0.05, 0) is 26.3 Å². The fourth-order valence-corrected chi connectivity index (χ4v) is 4.10. The lowest BCUT2D eigenvalue weighted by Crippen LogP contribution is -2.42. The molecule has 0 aliphatic rings. The van der Waals surface area contributed by atoms with Gasteiger partial charge in [-0.2, -0.15) is 0 Å². The highest BCUT2D eigenvalue weighted by molar-refractivity contribution is 7.89. The third-order valence-corrected chi connectivity index (χ3v) is 5.68. The number of nitrogens with one attached hydrogen (secondary N) is 2. The standard InChI is InChI=1S/C13H24N2O2S2/c1-6-13(4,5)15-19(16,17)12-7-11(18-9-12)8-14-10(2)3/h7,9-10,14-15H,6,8H2,1-5H3. The lowest BCUT2D eigenvalue weighted by molar-refractivity contribution is 0.439. The first-order valence-corrected chi connectivity index (χ1v) is 8.87. The zero-order valence-corrected chi connectivity index (χ0v) is 13.9. The molecular formula is C13H24N2O2S2. The van der Waals surface area contributed by atoms with Gasteiger partial charge in [-0.25, -0.2) is 13.1 Å². The van der Waals surface area contributed by atoms with Gasteiger partial charge >= 0.3 is 0 Å². The number of hydrogen-bond acceptors (Lipinski definition) is 4. The highest BCUT2D eigenvalue weighted by Crippen LogP contribution is 2.21. The van der Waals surface area contributed by atoms with E-state index in [1.807, 2.05) is 20.8 Å². The van der Waals surface area contributed by atoms with Gasteiger partial charge in [0.05, 0.1) is 4.90 Å². The SMILES string of the molecule is CCC(C)(C)NS(=O)(=O)c1csc(CNC(C)C)c1. The average Bonchev–Trinajstić information content (AvgIpc) is 2.74. The molecule has 1 heterocycles. The van der Waals surface area contributed by atoms with Gasteiger partial charge in [0, 0.05) is 28.4 Å². The first-order chi connectivity index (χ1) is 8.66. The number of sulfonamides is 1. The Morgan fingerprint density at radius 2 is 2.00 bits per heavy atom. The summed E-state index contributed by atoms with van der Waals surface area (Å²) in [5.41, 5.74) is -0.420. The van der Waals surface area contributed by atoms with Gasteiger partial charge < -0.3 is 5.32 Å². The van der Waals surface area contributed by atoms with Crippen molar-refractivity contribution >= 4 is 21.4 Å². The molecule has 110 valence electrons. The van der Waals surface area contributed by atoms with Gasteiger partial charge in [-0.3, -0.25) is 0 Å². The normalized spacial score (nSPS) is 13.2. The minimum atomic E-state index is -3.42. The summed E-state index contributed by atoms with van der Waals surface area (Å²) >= 11 is 1.47. The summed E-state index contributed by atoms with van der Waals surface area (Å²) in [6.07, 6.45) is 0.748. The molecule has 1 rings (SSSR count). The van der Waals surface area contributed by atoms with Crippen molar-refractivity contribution in [2.24, 2.45) is 0 Å². The quantitative estimate of drug-likeness (QED) is 0.814. The van der Waals surface area contributed by atoms with E-state index < -0.39 is 15.6 Å². The van der Waals surface area contributed by atoms with Crippen molar-refractivity contribution in [3.05, 3.63) is 16.3 Å². The van der Waals surface area contributed by atoms with Crippen LogP contribution in [0.2, 0.25) is 0 Å². The summed E-state index contributed by atoms with van der Waals surface area (Å²) in [6, 6.07) is 2.13. The number of rotatable bonds is 7. The average molecular weight is 304 g/mol. The Morgan fingerprint density at radius 1 is 1.37 bits per heavy atom. The third-order valence-electron chi connectivity index (χ3n) is 2.92. The summed E-state index contributed by atoms with van der Waals surface area (Å²) < 4.78 is 27.2. The van der Waals surface area contributed by atoms with E-state index >= 15 is 0 Å². The third kappa shape index (κ3) is 5.22. The van der Waals surface area contributed by atoms with Crippen molar-refractivity contribution in [2.45, 2.75) is 64.1 Å². The molecule has 0 bridgehead atoms. The second-order valence-corrected chi connectivity index (χ2v) is 8.31. The van der Waals surface area contributed by atoms with Crippen LogP contribution in [0.4, 0.5) is 0 Å². The van der Waals surface area contributed by atoms with E-state index in [-0.39, 0.29) is 0 Å². The molecular weight excluding hydrogens is 280 g/mol. The molecule has 6 heteroatoms. The topological polar surface area (TPSA) is 58.2 Å². The van der Waals surface area contributed by atoms with Crippen molar-refractivity contribution in [1.29, 1.82) is 0 Å². The smallest absolute Gasteiger partial charge is 0.241 e. The van der Waals surface area contributed by atoms with Crippen molar-refractivity contribution in [3.8, 4) is 0 Å². The molecule has 19 heavy (non-hydrogen) atoms. The Kier molecular flexibility index (Phi) is 5.55. The molecule has 0 aliphatic heterocycles. The summed E-state index contributed by atoms with van der Waals surface area (Å²) in [6.45, 7) is 10.6. The fourth-order valence-electron chi connectivity index (χ4n) is 1.39. The predicted molar refractivity (Wildman–Crippen MR) is 81.0 cm³/mol. The molecule has 0 saturated carbocycles. The lowest BCUT2D eigenvalue weighted by atomic mass is 10.0. The maximum atomic E-state index is 12.2. The van der Waals surface area contributed by atoms with Gasteiger partial charge in [0.1, 0.15) is 0 Å². The predicted octanol–water partition coefficient (Wildman–Crippen LogP) is 2.71. The Hall–Kier alpha value is -0.430. The first kappa shape index (κ1) is 16.6. The maximum absolute atomic E-state index is 12.2. The summed E-state index contributed by atoms with van der Waals surface area (Å²) in [5.74, 6) is 0. The molecule has 4 nitrogen and oxygen atoms in total. The van der Waals surface area contributed by atoms with Gasteiger partial charge in [-0.15, -0.1) is 11.3 Å². The Morgan fingerprint density at radius 3 is 2.53 bits per heavy atom. The summed E-state index contributed by atoms with van der Waals surface area (Å²) in [5, 5.41) is 4.98. The molecule has 0 fully saturated rings. The second kappa shape index (κ2) is 6.35. The van der Waals surface area contributed by atoms with E-state index in [2.05, 4.69) is 23.9 Å². The maximum Gasteiger partial charge on any atom is 0.241 e. The van der Waals surface area contributed by atoms with Crippen LogP contribution in [0.15, 0.2) is 16.3 Å². The molecule has 1 aromatic heterocycles. The van der Waals surface area contributed by atoms with Crippen LogP contribution < -0.4 is 10.0 Å². The zero-order chi connectivity index (χ0) is 14.7. The second-order valence-electron chi connectivity index (χ2n) is 5.63. The highest BCUT2D eigenvalue weighted by Gasteiger charge is 2.25. The van der Waals surface area contributed by atoms with Crippen molar-refractivity contribution in [3.63, 3.8) is 0 Å². The van der Waals surface area contributed by atoms with Crippen LogP contribution in [0.3, 0.4) is 0 Å². The Balaban J connectivity index is 2.80. The van der Waals surface area contributed by atoms with Crippen LogP contribution in [0.1, 0.15) is 45.9 Å². The molecule has 1 aromatic rings. The molecule has 0 unspecified atom stereocenters. The van der Waals surface area contributed by atoms with E-state index in [0.717, 1.165) is 11.3 Å². The molecule has 0 saturated heterocycles. The molecule has 0 aromatic carbocycles. The minimum absolute atomic E-state index is 0.361. The van der Waals surface area contributed by atoms with Crippen molar-refractivity contribution < 1.29 is 8.42 Å². The molecule has 0 radical (unpaired) electrons. The highest BCUT2D eigenvalue weighted by atomic mass is 32.2. The first-order valence-electron chi connectivity index (χ1n) is 6.51. The van der Waals surface area contributed by atoms with Crippen LogP contribution in [-0.4, -0.2) is 20.0 Å². The lowest BCUT2D eigenvalue weighted by Gasteiger charge is -2.23. The molecule has 2 N–H and O–H groups in total. The van der Waals surface area contributed by atoms with Crippen molar-refractivity contribution in [1.82, 2.24) is 10.0 Å². The van der Waals surface area contributed by atoms with E-state index in [1.54, 1.807) is 11.4 Å². The molecule has 0 aliphatic carbocycles. The monoisotopic (exact) mass is 304 g/mol. The van der Waals surface area contributed by atoms with Crippen LogP contribution in [-0.2, 0) is 16.6 Å². The Labute approximate surface area is 120 Å². The van der Waals surface area contributed by atoms with E-state index in [4.69, 9.17) is 0 Å². The molecule has 0 spiro atoms. The van der Waals surface area contributed by atoms with Crippen molar-refractivity contribution in [2.75, 3.05) is 0 Å².